The van der Waals surface area contributed by atoms with Gasteiger partial charge in [-0.05, 0) is 0 Å². The lowest BCUT2D eigenvalue weighted by Gasteiger charge is -2.38. The fraction of sp³-hybridized carbons (Fsp3) is 0.750. The number of hydrogen-bond donors (Lipinski definition) is 1. The summed E-state index contributed by atoms with van der Waals surface area (Å²) in [5, 5.41) is 12.4. The second kappa shape index (κ2) is 5.33. The number of aliphatic hydroxyl groups is 1. The van der Waals surface area contributed by atoms with Gasteiger partial charge in [0.05, 0.1) is 0 Å². The van der Waals surface area contributed by atoms with Crippen LogP contribution in [0.5, 0.6) is 0 Å². The zero-order chi connectivity index (χ0) is 12.3. The van der Waals surface area contributed by atoms with Crippen molar-refractivity contribution in [1.82, 2.24) is 9.88 Å². The third-order valence-electron chi connectivity index (χ3n) is 3.14. The van der Waals surface area contributed by atoms with E-state index >= 15 is 0 Å². The molecular weight excluding hydrogens is 234 g/mol. The highest BCUT2D eigenvalue weighted by Gasteiger charge is 2.24. The van der Waals surface area contributed by atoms with E-state index in [2.05, 4.69) is 28.6 Å². The van der Waals surface area contributed by atoms with Crippen molar-refractivity contribution >= 4 is 16.5 Å². The van der Waals surface area contributed by atoms with Crippen LogP contribution in [0, 0.1) is 5.41 Å². The van der Waals surface area contributed by atoms with E-state index in [0.29, 0.717) is 0 Å². The number of hydrogen-bond acceptors (Lipinski definition) is 5. The quantitative estimate of drug-likeness (QED) is 0.880. The van der Waals surface area contributed by atoms with Crippen molar-refractivity contribution in [2.24, 2.45) is 5.41 Å². The first-order chi connectivity index (χ1) is 8.11. The van der Waals surface area contributed by atoms with Crippen LogP contribution in [0.4, 0.5) is 5.13 Å². The monoisotopic (exact) mass is 255 g/mol. The Bertz CT molecular complexity index is 332. The second-order valence-corrected chi connectivity index (χ2v) is 6.27. The third kappa shape index (κ3) is 3.40. The number of anilines is 1. The summed E-state index contributed by atoms with van der Waals surface area (Å²) in [7, 11) is 0. The molecule has 17 heavy (non-hydrogen) atoms. The molecule has 1 aromatic rings. The van der Waals surface area contributed by atoms with Crippen molar-refractivity contribution < 1.29 is 5.11 Å². The molecule has 0 aliphatic carbocycles. The number of thiazole rings is 1. The molecule has 0 amide bonds. The highest BCUT2D eigenvalue weighted by Crippen LogP contribution is 2.21. The molecule has 1 aliphatic rings. The molecule has 1 saturated heterocycles. The van der Waals surface area contributed by atoms with Gasteiger partial charge in [-0.15, -0.1) is 11.3 Å². The van der Waals surface area contributed by atoms with Gasteiger partial charge in [0.25, 0.3) is 0 Å². The Labute approximate surface area is 107 Å². The van der Waals surface area contributed by atoms with Gasteiger partial charge in [-0.25, -0.2) is 4.98 Å². The first kappa shape index (κ1) is 12.8. The molecule has 96 valence electrons. The summed E-state index contributed by atoms with van der Waals surface area (Å²) in [5.41, 5.74) is 0.00333. The van der Waals surface area contributed by atoms with E-state index in [0.717, 1.165) is 37.9 Å². The van der Waals surface area contributed by atoms with Crippen molar-refractivity contribution in [3.63, 3.8) is 0 Å². The molecule has 4 nitrogen and oxygen atoms in total. The number of nitrogens with zero attached hydrogens (tertiary/aromatic N) is 3. The van der Waals surface area contributed by atoms with E-state index in [1.54, 1.807) is 11.3 Å². The molecule has 0 radical (unpaired) electrons. The predicted octanol–water partition coefficient (Wildman–Crippen LogP) is 1.28. The van der Waals surface area contributed by atoms with Gasteiger partial charge in [0.15, 0.2) is 5.13 Å². The first-order valence-electron chi connectivity index (χ1n) is 6.08. The van der Waals surface area contributed by atoms with Crippen LogP contribution in [0.1, 0.15) is 13.8 Å². The van der Waals surface area contributed by atoms with Crippen LogP contribution in [0.3, 0.4) is 0 Å². The zero-order valence-corrected chi connectivity index (χ0v) is 11.4. The summed E-state index contributed by atoms with van der Waals surface area (Å²) < 4.78 is 0. The van der Waals surface area contributed by atoms with Crippen LogP contribution in [0.15, 0.2) is 11.6 Å². The molecule has 0 bridgehead atoms. The standard InChI is InChI=1S/C12H21N3OS/c1-12(2,10-16)9-14-4-6-15(7-5-14)11-13-3-8-17-11/h3,8,16H,4-7,9-10H2,1-2H3. The predicted molar refractivity (Wildman–Crippen MR) is 71.6 cm³/mol. The van der Waals surface area contributed by atoms with E-state index in [9.17, 15) is 5.11 Å². The summed E-state index contributed by atoms with van der Waals surface area (Å²) in [6.45, 7) is 9.63. The summed E-state index contributed by atoms with van der Waals surface area (Å²) >= 11 is 1.70. The minimum Gasteiger partial charge on any atom is -0.396 e. The van der Waals surface area contributed by atoms with Crippen LogP contribution in [-0.4, -0.2) is 54.3 Å². The van der Waals surface area contributed by atoms with Crippen molar-refractivity contribution in [3.8, 4) is 0 Å². The topological polar surface area (TPSA) is 39.6 Å². The van der Waals surface area contributed by atoms with Crippen molar-refractivity contribution in [2.45, 2.75) is 13.8 Å². The van der Waals surface area contributed by atoms with Gasteiger partial charge in [0.1, 0.15) is 0 Å². The summed E-state index contributed by atoms with van der Waals surface area (Å²) in [5.74, 6) is 0. The zero-order valence-electron chi connectivity index (χ0n) is 10.6. The van der Waals surface area contributed by atoms with E-state index in [-0.39, 0.29) is 12.0 Å². The lowest BCUT2D eigenvalue weighted by molar-refractivity contribution is 0.0996. The lowest BCUT2D eigenvalue weighted by Crippen LogP contribution is -2.49. The lowest BCUT2D eigenvalue weighted by atomic mass is 9.94. The smallest absolute Gasteiger partial charge is 0.185 e. The van der Waals surface area contributed by atoms with Crippen LogP contribution in [-0.2, 0) is 0 Å². The van der Waals surface area contributed by atoms with Crippen LogP contribution >= 0.6 is 11.3 Å². The first-order valence-corrected chi connectivity index (χ1v) is 6.96. The molecule has 1 aromatic heterocycles. The van der Waals surface area contributed by atoms with E-state index in [1.165, 1.54) is 0 Å². The largest absolute Gasteiger partial charge is 0.396 e. The minimum absolute atomic E-state index is 0.00333. The van der Waals surface area contributed by atoms with Gasteiger partial charge < -0.3 is 10.0 Å². The van der Waals surface area contributed by atoms with Gasteiger partial charge in [0.2, 0.25) is 0 Å². The molecule has 2 rings (SSSR count). The Morgan fingerprint density at radius 1 is 1.35 bits per heavy atom. The Hall–Kier alpha value is -0.650. The van der Waals surface area contributed by atoms with E-state index in [4.69, 9.17) is 0 Å². The fourth-order valence-electron chi connectivity index (χ4n) is 2.12. The highest BCUT2D eigenvalue weighted by molar-refractivity contribution is 7.13. The molecule has 1 fully saturated rings. The van der Waals surface area contributed by atoms with Crippen LogP contribution < -0.4 is 4.90 Å². The van der Waals surface area contributed by atoms with Crippen LogP contribution in [0.2, 0.25) is 0 Å². The fourth-order valence-corrected chi connectivity index (χ4v) is 2.82. The summed E-state index contributed by atoms with van der Waals surface area (Å²) in [6.07, 6.45) is 1.86. The SMILES string of the molecule is CC(C)(CO)CN1CCN(c2nccs2)CC1. The maximum Gasteiger partial charge on any atom is 0.185 e. The average Bonchev–Trinajstić information content (AvgIpc) is 2.83. The molecule has 0 atom stereocenters. The van der Waals surface area contributed by atoms with Crippen molar-refractivity contribution in [1.29, 1.82) is 0 Å². The molecule has 0 spiro atoms. The maximum absolute atomic E-state index is 9.28. The van der Waals surface area contributed by atoms with Gasteiger partial charge in [-0.2, -0.15) is 0 Å². The molecular formula is C12H21N3OS. The Morgan fingerprint density at radius 3 is 2.59 bits per heavy atom. The van der Waals surface area contributed by atoms with Crippen molar-refractivity contribution in [2.75, 3.05) is 44.2 Å². The van der Waals surface area contributed by atoms with E-state index < -0.39 is 0 Å². The van der Waals surface area contributed by atoms with Gasteiger partial charge >= 0.3 is 0 Å². The molecule has 5 heteroatoms. The van der Waals surface area contributed by atoms with Gasteiger partial charge in [-0.3, -0.25) is 4.90 Å². The number of rotatable bonds is 4. The molecule has 1 aliphatic heterocycles. The third-order valence-corrected chi connectivity index (χ3v) is 3.97. The van der Waals surface area contributed by atoms with E-state index in [1.807, 2.05) is 11.6 Å². The van der Waals surface area contributed by atoms with Crippen molar-refractivity contribution in [3.05, 3.63) is 11.6 Å². The number of aromatic nitrogens is 1. The molecule has 0 saturated carbocycles. The Balaban J connectivity index is 1.82. The molecule has 0 unspecified atom stereocenters. The average molecular weight is 255 g/mol. The van der Waals surface area contributed by atoms with Gasteiger partial charge in [-0.1, -0.05) is 13.8 Å². The van der Waals surface area contributed by atoms with Gasteiger partial charge in [0, 0.05) is 56.3 Å². The summed E-state index contributed by atoms with van der Waals surface area (Å²) in [4.78, 5) is 9.11. The summed E-state index contributed by atoms with van der Waals surface area (Å²) in [6, 6.07) is 0. The molecule has 1 N–H and O–H groups in total. The second-order valence-electron chi connectivity index (χ2n) is 5.40. The Morgan fingerprint density at radius 2 is 2.06 bits per heavy atom. The molecule has 0 aromatic carbocycles. The molecule has 2 heterocycles. The minimum atomic E-state index is 0.00333. The number of piperazine rings is 1. The van der Waals surface area contributed by atoms with Crippen LogP contribution in [0.25, 0.3) is 0 Å². The normalized spacial score (nSPS) is 18.6. The maximum atomic E-state index is 9.28. The Kier molecular flexibility index (Phi) is 4.01. The highest BCUT2D eigenvalue weighted by atomic mass is 32.1. The number of aliphatic hydroxyl groups excluding tert-OH is 1.